The quantitative estimate of drug-likeness (QED) is 0.532. The Hall–Kier alpha value is -2.90. The van der Waals surface area contributed by atoms with E-state index < -0.39 is 5.82 Å². The molecule has 164 valence electrons. The van der Waals surface area contributed by atoms with E-state index in [-0.39, 0.29) is 27.8 Å². The maximum Gasteiger partial charge on any atom is 0.246 e. The first-order valence-electron chi connectivity index (χ1n) is 10.4. The second-order valence-electron chi connectivity index (χ2n) is 7.95. The van der Waals surface area contributed by atoms with Gasteiger partial charge in [-0.25, -0.2) is 4.39 Å². The van der Waals surface area contributed by atoms with Crippen molar-refractivity contribution in [1.29, 1.82) is 0 Å². The number of phenols is 1. The van der Waals surface area contributed by atoms with Gasteiger partial charge < -0.3 is 14.9 Å². The van der Waals surface area contributed by atoms with Crippen LogP contribution in [0.4, 0.5) is 9.39 Å². The van der Waals surface area contributed by atoms with Crippen LogP contribution in [0.25, 0.3) is 28.1 Å². The Bertz CT molecular complexity index is 1280. The third kappa shape index (κ3) is 3.45. The average molecular weight is 470 g/mol. The van der Waals surface area contributed by atoms with Crippen molar-refractivity contribution in [2.75, 3.05) is 31.1 Å². The molecule has 1 amide bonds. The molecule has 2 aromatic carbocycles. The van der Waals surface area contributed by atoms with E-state index in [2.05, 4.69) is 15.9 Å². The zero-order chi connectivity index (χ0) is 22.4. The number of allylic oxidation sites excluding steroid dienone is 1. The molecular formula is C24H21ClFN3O2S. The van der Waals surface area contributed by atoms with Gasteiger partial charge in [0.2, 0.25) is 5.91 Å². The summed E-state index contributed by atoms with van der Waals surface area (Å²) < 4.78 is 20.2. The minimum absolute atomic E-state index is 0.0824. The van der Waals surface area contributed by atoms with Crippen molar-refractivity contribution in [3.63, 3.8) is 0 Å². The maximum atomic E-state index is 15.8. The standard InChI is InChI=1S/C24H21ClFN3O2S/c1-2-20(31)28-7-9-29(10-8-28)24-18-13-19(25)21(22(26)23(18)27-32-24)17-12-15(30)11-14-5-3-4-6-16(14)17/h2,4,6,11-13,30H,1,3,5,7-10H2. The summed E-state index contributed by atoms with van der Waals surface area (Å²) in [6.07, 6.45) is 7.00. The molecule has 0 spiro atoms. The van der Waals surface area contributed by atoms with Crippen LogP contribution in [0, 0.1) is 5.82 Å². The molecule has 0 saturated carbocycles. The highest BCUT2D eigenvalue weighted by molar-refractivity contribution is 7.11. The van der Waals surface area contributed by atoms with Gasteiger partial charge in [-0.1, -0.05) is 30.3 Å². The van der Waals surface area contributed by atoms with Crippen molar-refractivity contribution in [1.82, 2.24) is 9.27 Å². The lowest BCUT2D eigenvalue weighted by molar-refractivity contribution is -0.126. The van der Waals surface area contributed by atoms with E-state index in [0.29, 0.717) is 37.1 Å². The Labute approximate surface area is 194 Å². The van der Waals surface area contributed by atoms with Crippen LogP contribution in [0.5, 0.6) is 5.75 Å². The molecule has 5 nitrogen and oxygen atoms in total. The fourth-order valence-corrected chi connectivity index (χ4v) is 5.68. The number of anilines is 1. The number of rotatable bonds is 3. The van der Waals surface area contributed by atoms with Crippen molar-refractivity contribution in [3.8, 4) is 16.9 Å². The van der Waals surface area contributed by atoms with E-state index >= 15 is 4.39 Å². The molecule has 0 unspecified atom stereocenters. The first-order chi connectivity index (χ1) is 15.5. The Morgan fingerprint density at radius 3 is 2.78 bits per heavy atom. The van der Waals surface area contributed by atoms with Gasteiger partial charge in [-0.2, -0.15) is 4.37 Å². The summed E-state index contributed by atoms with van der Waals surface area (Å²) in [7, 11) is 0. The highest BCUT2D eigenvalue weighted by Gasteiger charge is 2.26. The predicted molar refractivity (Wildman–Crippen MR) is 128 cm³/mol. The van der Waals surface area contributed by atoms with Gasteiger partial charge in [-0.05, 0) is 65.3 Å². The van der Waals surface area contributed by atoms with E-state index in [4.69, 9.17) is 11.6 Å². The van der Waals surface area contributed by atoms with Crippen molar-refractivity contribution >= 4 is 51.0 Å². The Kier molecular flexibility index (Phi) is 5.39. The maximum absolute atomic E-state index is 15.8. The van der Waals surface area contributed by atoms with Gasteiger partial charge >= 0.3 is 0 Å². The third-order valence-electron chi connectivity index (χ3n) is 6.08. The lowest BCUT2D eigenvalue weighted by Gasteiger charge is -2.34. The number of aromatic nitrogens is 1. The summed E-state index contributed by atoms with van der Waals surface area (Å²) in [5, 5.41) is 12.0. The van der Waals surface area contributed by atoms with E-state index in [1.54, 1.807) is 23.1 Å². The average Bonchev–Trinajstić information content (AvgIpc) is 3.22. The monoisotopic (exact) mass is 469 g/mol. The molecule has 3 aromatic rings. The normalized spacial score (nSPS) is 15.8. The molecule has 1 aliphatic heterocycles. The number of hydrogen-bond donors (Lipinski definition) is 1. The van der Waals surface area contributed by atoms with Crippen LogP contribution in [0.2, 0.25) is 5.02 Å². The number of hydrogen-bond acceptors (Lipinski definition) is 5. The van der Waals surface area contributed by atoms with Crippen LogP contribution in [0.15, 0.2) is 36.9 Å². The first kappa shape index (κ1) is 21.0. The summed E-state index contributed by atoms with van der Waals surface area (Å²) in [6.45, 7) is 5.94. The number of fused-ring (bicyclic) bond motifs is 2. The lowest BCUT2D eigenvalue weighted by atomic mass is 9.89. The fourth-order valence-electron chi connectivity index (χ4n) is 4.48. The zero-order valence-corrected chi connectivity index (χ0v) is 18.8. The smallest absolute Gasteiger partial charge is 0.246 e. The summed E-state index contributed by atoms with van der Waals surface area (Å²) in [4.78, 5) is 15.7. The van der Waals surface area contributed by atoms with E-state index in [1.165, 1.54) is 17.6 Å². The van der Waals surface area contributed by atoms with Gasteiger partial charge in [0.15, 0.2) is 5.82 Å². The molecule has 2 heterocycles. The van der Waals surface area contributed by atoms with Crippen molar-refractivity contribution in [2.24, 2.45) is 0 Å². The van der Waals surface area contributed by atoms with Crippen LogP contribution in [0.1, 0.15) is 17.5 Å². The van der Waals surface area contributed by atoms with Crippen molar-refractivity contribution in [2.45, 2.75) is 12.8 Å². The molecule has 5 rings (SSSR count). The number of nitrogens with zero attached hydrogens (tertiary/aromatic N) is 3. The highest BCUT2D eigenvalue weighted by Crippen LogP contribution is 2.44. The molecule has 0 radical (unpaired) electrons. The SMILES string of the molecule is C=CC(=O)N1CCN(c2snc3c(F)c(-c4cc(O)cc5c4C=CCC5)c(Cl)cc23)CC1. The Balaban J connectivity index is 1.56. The topological polar surface area (TPSA) is 56.7 Å². The summed E-state index contributed by atoms with van der Waals surface area (Å²) in [5.74, 6) is -0.473. The zero-order valence-electron chi connectivity index (χ0n) is 17.3. The lowest BCUT2D eigenvalue weighted by Crippen LogP contribution is -2.48. The van der Waals surface area contributed by atoms with Crippen LogP contribution in [-0.4, -0.2) is 46.5 Å². The number of amides is 1. The molecule has 1 N–H and O–H groups in total. The van der Waals surface area contributed by atoms with E-state index in [9.17, 15) is 9.90 Å². The molecule has 1 aromatic heterocycles. The molecule has 1 saturated heterocycles. The molecule has 32 heavy (non-hydrogen) atoms. The Morgan fingerprint density at radius 1 is 1.25 bits per heavy atom. The van der Waals surface area contributed by atoms with Gasteiger partial charge in [0, 0.05) is 37.1 Å². The van der Waals surface area contributed by atoms with Gasteiger partial charge in [-0.15, -0.1) is 0 Å². The first-order valence-corrected chi connectivity index (χ1v) is 11.6. The second-order valence-corrected chi connectivity index (χ2v) is 9.11. The van der Waals surface area contributed by atoms with Gasteiger partial charge in [0.25, 0.3) is 0 Å². The molecule has 1 aliphatic carbocycles. The van der Waals surface area contributed by atoms with Gasteiger partial charge in [0.05, 0.1) is 5.02 Å². The predicted octanol–water partition coefficient (Wildman–Crippen LogP) is 5.26. The minimum atomic E-state index is -0.484. The number of phenolic OH excluding ortho intramolecular Hbond substituents is 1. The summed E-state index contributed by atoms with van der Waals surface area (Å²) in [5.41, 5.74) is 2.96. The summed E-state index contributed by atoms with van der Waals surface area (Å²) in [6, 6.07) is 5.05. The molecule has 0 bridgehead atoms. The number of aryl methyl sites for hydroxylation is 1. The highest BCUT2D eigenvalue weighted by atomic mass is 35.5. The number of benzene rings is 2. The van der Waals surface area contributed by atoms with Crippen LogP contribution in [-0.2, 0) is 11.2 Å². The number of carbonyl (C=O) groups is 1. The number of carbonyl (C=O) groups excluding carboxylic acids is 1. The molecular weight excluding hydrogens is 449 g/mol. The largest absolute Gasteiger partial charge is 0.508 e. The molecule has 1 fully saturated rings. The molecule has 0 atom stereocenters. The number of aromatic hydroxyl groups is 1. The minimum Gasteiger partial charge on any atom is -0.508 e. The van der Waals surface area contributed by atoms with Gasteiger partial charge in [0.1, 0.15) is 16.3 Å². The fraction of sp³-hybridized carbons (Fsp3) is 0.250. The van der Waals surface area contributed by atoms with E-state index in [1.807, 2.05) is 12.2 Å². The number of halogens is 2. The Morgan fingerprint density at radius 2 is 2.03 bits per heavy atom. The van der Waals surface area contributed by atoms with Crippen LogP contribution < -0.4 is 4.90 Å². The van der Waals surface area contributed by atoms with Crippen molar-refractivity contribution in [3.05, 3.63) is 58.9 Å². The molecule has 2 aliphatic rings. The third-order valence-corrected chi connectivity index (χ3v) is 7.31. The van der Waals surface area contributed by atoms with Gasteiger partial charge in [-0.3, -0.25) is 4.79 Å². The second kappa shape index (κ2) is 8.22. The van der Waals surface area contributed by atoms with Crippen LogP contribution >= 0.6 is 23.1 Å². The number of piperazine rings is 1. The summed E-state index contributed by atoms with van der Waals surface area (Å²) >= 11 is 7.87. The molecule has 8 heteroatoms. The van der Waals surface area contributed by atoms with E-state index in [0.717, 1.165) is 29.0 Å². The van der Waals surface area contributed by atoms with Crippen LogP contribution in [0.3, 0.4) is 0 Å². The van der Waals surface area contributed by atoms with Crippen molar-refractivity contribution < 1.29 is 14.3 Å².